The minimum atomic E-state index is -0.486. The minimum absolute atomic E-state index is 0.245. The Morgan fingerprint density at radius 1 is 1.42 bits per heavy atom. The number of carbonyl (C=O) groups excluding carboxylic acids is 1. The number of aryl methyl sites for hydroxylation is 1. The fraction of sp³-hybridized carbons (Fsp3) is 0.167. The van der Waals surface area contributed by atoms with E-state index in [1.54, 1.807) is 40.1 Å². The highest BCUT2D eigenvalue weighted by Gasteiger charge is 2.19. The van der Waals surface area contributed by atoms with E-state index in [2.05, 4.69) is 15.2 Å². The van der Waals surface area contributed by atoms with Gasteiger partial charge in [-0.1, -0.05) is 0 Å². The van der Waals surface area contributed by atoms with Crippen LogP contribution in [0.1, 0.15) is 10.5 Å². The van der Waals surface area contributed by atoms with Crippen molar-refractivity contribution in [1.82, 2.24) is 24.5 Å². The number of nitrogens with zero attached hydrogens (tertiary/aromatic N) is 5. The fourth-order valence-electron chi connectivity index (χ4n) is 1.90. The Labute approximate surface area is 108 Å². The third-order valence-electron chi connectivity index (χ3n) is 2.76. The van der Waals surface area contributed by atoms with Gasteiger partial charge in [-0.05, 0) is 12.1 Å². The third-order valence-corrected chi connectivity index (χ3v) is 2.76. The minimum Gasteiger partial charge on any atom is -0.464 e. The van der Waals surface area contributed by atoms with Crippen LogP contribution >= 0.6 is 0 Å². The zero-order valence-electron chi connectivity index (χ0n) is 10.4. The molecule has 0 fully saturated rings. The van der Waals surface area contributed by atoms with Crippen molar-refractivity contribution in [2.24, 2.45) is 7.05 Å². The van der Waals surface area contributed by atoms with E-state index in [1.165, 1.54) is 7.11 Å². The summed E-state index contributed by atoms with van der Waals surface area (Å²) in [6.07, 6.45) is 5.10. The summed E-state index contributed by atoms with van der Waals surface area (Å²) in [5, 5.41) is 9.01. The molecule has 3 aromatic heterocycles. The van der Waals surface area contributed by atoms with E-state index in [0.29, 0.717) is 11.0 Å². The first-order valence-electron chi connectivity index (χ1n) is 5.62. The maximum absolute atomic E-state index is 11.7. The lowest BCUT2D eigenvalue weighted by atomic mass is 10.2. The Morgan fingerprint density at radius 3 is 2.95 bits per heavy atom. The van der Waals surface area contributed by atoms with Crippen LogP contribution in [-0.4, -0.2) is 37.6 Å². The molecule has 0 atom stereocenters. The molecule has 0 radical (unpaired) electrons. The largest absolute Gasteiger partial charge is 0.464 e. The van der Waals surface area contributed by atoms with Gasteiger partial charge >= 0.3 is 5.97 Å². The van der Waals surface area contributed by atoms with E-state index in [0.717, 1.165) is 5.69 Å². The summed E-state index contributed by atoms with van der Waals surface area (Å²) in [4.78, 5) is 16.0. The second kappa shape index (κ2) is 4.20. The number of esters is 1. The van der Waals surface area contributed by atoms with Gasteiger partial charge in [-0.3, -0.25) is 4.68 Å². The van der Waals surface area contributed by atoms with Gasteiger partial charge in [0.2, 0.25) is 0 Å². The van der Waals surface area contributed by atoms with E-state index in [-0.39, 0.29) is 5.69 Å². The first kappa shape index (κ1) is 11.4. The van der Waals surface area contributed by atoms with Crippen LogP contribution in [0.3, 0.4) is 0 Å². The third kappa shape index (κ3) is 1.75. The molecule has 3 heterocycles. The number of pyridine rings is 1. The maximum atomic E-state index is 11.7. The van der Waals surface area contributed by atoms with Crippen LogP contribution in [0.5, 0.6) is 0 Å². The molecule has 7 nitrogen and oxygen atoms in total. The lowest BCUT2D eigenvalue weighted by Gasteiger charge is -1.96. The normalized spacial score (nSPS) is 10.8. The molecule has 0 N–H and O–H groups in total. The number of aromatic nitrogens is 5. The lowest BCUT2D eigenvalue weighted by Crippen LogP contribution is -2.04. The van der Waals surface area contributed by atoms with Crippen LogP contribution < -0.4 is 0 Å². The van der Waals surface area contributed by atoms with Crippen molar-refractivity contribution < 1.29 is 9.53 Å². The molecule has 0 aromatic carbocycles. The van der Waals surface area contributed by atoms with Gasteiger partial charge < -0.3 is 4.74 Å². The van der Waals surface area contributed by atoms with Crippen molar-refractivity contribution in [1.29, 1.82) is 0 Å². The molecule has 3 aromatic rings. The molecule has 0 amide bonds. The highest BCUT2D eigenvalue weighted by Crippen LogP contribution is 2.20. The van der Waals surface area contributed by atoms with Crippen molar-refractivity contribution in [3.8, 4) is 5.69 Å². The van der Waals surface area contributed by atoms with Gasteiger partial charge in [-0.2, -0.15) is 10.2 Å². The van der Waals surface area contributed by atoms with Gasteiger partial charge in [-0.15, -0.1) is 0 Å². The molecule has 96 valence electrons. The second-order valence-corrected chi connectivity index (χ2v) is 4.00. The zero-order valence-corrected chi connectivity index (χ0v) is 10.4. The van der Waals surface area contributed by atoms with E-state index in [9.17, 15) is 4.79 Å². The highest BCUT2D eigenvalue weighted by molar-refractivity contribution is 6.01. The molecular weight excluding hydrogens is 246 g/mol. The average molecular weight is 257 g/mol. The average Bonchev–Trinajstić information content (AvgIpc) is 3.01. The van der Waals surface area contributed by atoms with Gasteiger partial charge in [0.15, 0.2) is 11.3 Å². The van der Waals surface area contributed by atoms with E-state index >= 15 is 0 Å². The summed E-state index contributed by atoms with van der Waals surface area (Å²) in [5.41, 5.74) is 1.58. The predicted molar refractivity (Wildman–Crippen MR) is 67.0 cm³/mol. The molecule has 3 rings (SSSR count). The van der Waals surface area contributed by atoms with Crippen LogP contribution in [0.4, 0.5) is 0 Å². The standard InChI is InChI=1S/C12H11N5O2/c1-16-7-8(6-14-16)17-11-9(4-3-5-13-11)10(15-17)12(18)19-2/h3-7H,1-2H3. The molecule has 0 aliphatic heterocycles. The second-order valence-electron chi connectivity index (χ2n) is 4.00. The number of hydrogen-bond donors (Lipinski definition) is 0. The van der Waals surface area contributed by atoms with Crippen LogP contribution in [0.25, 0.3) is 16.7 Å². The van der Waals surface area contributed by atoms with E-state index < -0.39 is 5.97 Å². The van der Waals surface area contributed by atoms with Crippen LogP contribution in [0.2, 0.25) is 0 Å². The van der Waals surface area contributed by atoms with Crippen LogP contribution in [0.15, 0.2) is 30.7 Å². The van der Waals surface area contributed by atoms with Gasteiger partial charge in [0, 0.05) is 13.2 Å². The Balaban J connectivity index is 2.28. The molecule has 0 aliphatic rings. The topological polar surface area (TPSA) is 74.8 Å². The summed E-state index contributed by atoms with van der Waals surface area (Å²) < 4.78 is 7.97. The first-order valence-corrected chi connectivity index (χ1v) is 5.62. The van der Waals surface area contributed by atoms with Crippen LogP contribution in [0, 0.1) is 0 Å². The van der Waals surface area contributed by atoms with Gasteiger partial charge in [0.05, 0.1) is 24.9 Å². The molecule has 0 spiro atoms. The molecule has 0 saturated carbocycles. The smallest absolute Gasteiger partial charge is 0.359 e. The van der Waals surface area contributed by atoms with Gasteiger partial charge in [-0.25, -0.2) is 14.5 Å². The number of carbonyl (C=O) groups is 1. The molecular formula is C12H11N5O2. The zero-order chi connectivity index (χ0) is 13.4. The molecule has 7 heteroatoms. The number of methoxy groups -OCH3 is 1. The molecule has 0 saturated heterocycles. The Hall–Kier alpha value is -2.70. The van der Waals surface area contributed by atoms with E-state index in [1.807, 2.05) is 7.05 Å². The van der Waals surface area contributed by atoms with Crippen molar-refractivity contribution in [3.05, 3.63) is 36.4 Å². The predicted octanol–water partition coefficient (Wildman–Crippen LogP) is 0.941. The number of ether oxygens (including phenoxy) is 1. The summed E-state index contributed by atoms with van der Waals surface area (Å²) in [5.74, 6) is -0.486. The Morgan fingerprint density at radius 2 is 2.26 bits per heavy atom. The molecule has 0 bridgehead atoms. The molecule has 19 heavy (non-hydrogen) atoms. The molecule has 0 aliphatic carbocycles. The number of fused-ring (bicyclic) bond motifs is 1. The van der Waals surface area contributed by atoms with Crippen molar-refractivity contribution in [3.63, 3.8) is 0 Å². The van der Waals surface area contributed by atoms with Crippen molar-refractivity contribution in [2.45, 2.75) is 0 Å². The highest BCUT2D eigenvalue weighted by atomic mass is 16.5. The SMILES string of the molecule is COC(=O)c1nn(-c2cnn(C)c2)c2ncccc12. The summed E-state index contributed by atoms with van der Waals surface area (Å²) >= 11 is 0. The van der Waals surface area contributed by atoms with E-state index in [4.69, 9.17) is 4.74 Å². The van der Waals surface area contributed by atoms with Gasteiger partial charge in [0.25, 0.3) is 0 Å². The van der Waals surface area contributed by atoms with Crippen molar-refractivity contribution >= 4 is 17.0 Å². The number of hydrogen-bond acceptors (Lipinski definition) is 5. The summed E-state index contributed by atoms with van der Waals surface area (Å²) in [6, 6.07) is 3.54. The monoisotopic (exact) mass is 257 g/mol. The van der Waals surface area contributed by atoms with Crippen LogP contribution in [-0.2, 0) is 11.8 Å². The lowest BCUT2D eigenvalue weighted by molar-refractivity contribution is 0.0595. The molecule has 0 unspecified atom stereocenters. The summed E-state index contributed by atoms with van der Waals surface area (Å²) in [6.45, 7) is 0. The Kier molecular flexibility index (Phi) is 2.52. The first-order chi connectivity index (χ1) is 9.20. The number of rotatable bonds is 2. The quantitative estimate of drug-likeness (QED) is 0.639. The van der Waals surface area contributed by atoms with Crippen molar-refractivity contribution in [2.75, 3.05) is 7.11 Å². The summed E-state index contributed by atoms with van der Waals surface area (Å²) in [7, 11) is 3.14. The Bertz CT molecular complexity index is 758. The maximum Gasteiger partial charge on any atom is 0.359 e. The fourth-order valence-corrected chi connectivity index (χ4v) is 1.90. The van der Waals surface area contributed by atoms with Gasteiger partial charge in [0.1, 0.15) is 5.69 Å².